The van der Waals surface area contributed by atoms with Crippen molar-refractivity contribution >= 4 is 34.1 Å². The summed E-state index contributed by atoms with van der Waals surface area (Å²) in [5.41, 5.74) is 1.40. The number of hydrogen-bond acceptors (Lipinski definition) is 5. The van der Waals surface area contributed by atoms with Gasteiger partial charge in [0, 0.05) is 10.3 Å². The summed E-state index contributed by atoms with van der Waals surface area (Å²) >= 11 is 3.01. The van der Waals surface area contributed by atoms with Gasteiger partial charge in [-0.2, -0.15) is 0 Å². The van der Waals surface area contributed by atoms with Crippen LogP contribution >= 0.6 is 23.1 Å². The second kappa shape index (κ2) is 6.08. The molecule has 0 radical (unpaired) electrons. The minimum atomic E-state index is -0.209. The van der Waals surface area contributed by atoms with Gasteiger partial charge in [0.2, 0.25) is 0 Å². The van der Waals surface area contributed by atoms with Crippen LogP contribution in [0.15, 0.2) is 28.5 Å². The van der Waals surface area contributed by atoms with Gasteiger partial charge in [0.25, 0.3) is 5.91 Å². The van der Waals surface area contributed by atoms with Gasteiger partial charge in [0.1, 0.15) is 5.75 Å². The van der Waals surface area contributed by atoms with E-state index in [1.54, 1.807) is 24.9 Å². The van der Waals surface area contributed by atoms with Crippen molar-refractivity contribution in [3.63, 3.8) is 0 Å². The lowest BCUT2D eigenvalue weighted by Gasteiger charge is -2.09. The Labute approximate surface area is 120 Å². The predicted octanol–water partition coefficient (Wildman–Crippen LogP) is 3.43. The van der Waals surface area contributed by atoms with Crippen LogP contribution in [0.2, 0.25) is 0 Å². The fourth-order valence-electron chi connectivity index (χ4n) is 1.56. The fraction of sp³-hybridized carbons (Fsp3) is 0.231. The molecule has 0 aliphatic carbocycles. The Kier molecular flexibility index (Phi) is 4.44. The lowest BCUT2D eigenvalue weighted by atomic mass is 10.2. The molecule has 0 saturated heterocycles. The molecule has 1 heterocycles. The van der Waals surface area contributed by atoms with Crippen molar-refractivity contribution in [3.8, 4) is 5.75 Å². The third kappa shape index (κ3) is 3.27. The number of rotatable bonds is 4. The third-order valence-electron chi connectivity index (χ3n) is 2.49. The number of amides is 1. The van der Waals surface area contributed by atoms with E-state index in [4.69, 9.17) is 4.74 Å². The molecule has 1 N–H and O–H groups in total. The van der Waals surface area contributed by atoms with Gasteiger partial charge in [-0.05, 0) is 31.4 Å². The highest BCUT2D eigenvalue weighted by Gasteiger charge is 2.14. The van der Waals surface area contributed by atoms with Crippen LogP contribution in [0, 0.1) is 6.92 Å². The number of thioether (sulfide) groups is 1. The molecule has 0 atom stereocenters. The molecule has 0 aliphatic rings. The zero-order valence-corrected chi connectivity index (χ0v) is 12.5. The van der Waals surface area contributed by atoms with Crippen molar-refractivity contribution in [2.45, 2.75) is 11.8 Å². The summed E-state index contributed by atoms with van der Waals surface area (Å²) in [5.74, 6) is 0.358. The van der Waals surface area contributed by atoms with Gasteiger partial charge in [-0.25, -0.2) is 4.98 Å². The maximum Gasteiger partial charge on any atom is 0.261 e. The topological polar surface area (TPSA) is 51.2 Å². The Morgan fingerprint density at radius 1 is 1.47 bits per heavy atom. The minimum absolute atomic E-state index is 0.209. The van der Waals surface area contributed by atoms with Crippen molar-refractivity contribution in [2.75, 3.05) is 18.7 Å². The van der Waals surface area contributed by atoms with Crippen LogP contribution in [0.5, 0.6) is 5.75 Å². The first-order chi connectivity index (χ1) is 9.13. The molecule has 4 nitrogen and oxygen atoms in total. The summed E-state index contributed by atoms with van der Waals surface area (Å²) in [6.07, 6.45) is 1.98. The summed E-state index contributed by atoms with van der Waals surface area (Å²) < 4.78 is 5.26. The molecule has 0 saturated carbocycles. The normalized spacial score (nSPS) is 10.3. The largest absolute Gasteiger partial charge is 0.496 e. The predicted molar refractivity (Wildman–Crippen MR) is 79.6 cm³/mol. The lowest BCUT2D eigenvalue weighted by Crippen LogP contribution is -2.13. The van der Waals surface area contributed by atoms with E-state index in [1.165, 1.54) is 11.3 Å². The van der Waals surface area contributed by atoms with Gasteiger partial charge in [-0.1, -0.05) is 0 Å². The number of aromatic nitrogens is 1. The molecule has 19 heavy (non-hydrogen) atoms. The molecule has 0 spiro atoms. The summed E-state index contributed by atoms with van der Waals surface area (Å²) in [4.78, 5) is 17.4. The maximum absolute atomic E-state index is 12.2. The summed E-state index contributed by atoms with van der Waals surface area (Å²) in [6, 6.07) is 5.52. The van der Waals surface area contributed by atoms with Crippen LogP contribution < -0.4 is 10.1 Å². The Bertz CT molecular complexity index is 596. The van der Waals surface area contributed by atoms with E-state index in [0.29, 0.717) is 16.4 Å². The molecule has 2 aromatic rings. The van der Waals surface area contributed by atoms with Crippen molar-refractivity contribution in [3.05, 3.63) is 34.8 Å². The fourth-order valence-corrected chi connectivity index (χ4v) is 2.67. The van der Waals surface area contributed by atoms with Crippen molar-refractivity contribution in [1.29, 1.82) is 0 Å². The monoisotopic (exact) mass is 294 g/mol. The molecular formula is C13H14N2O2S2. The van der Waals surface area contributed by atoms with Gasteiger partial charge >= 0.3 is 0 Å². The van der Waals surface area contributed by atoms with Gasteiger partial charge < -0.3 is 4.74 Å². The smallest absolute Gasteiger partial charge is 0.261 e. The highest BCUT2D eigenvalue weighted by molar-refractivity contribution is 7.98. The SMILES string of the molecule is COc1cc(SC)ccc1C(=O)Nc1nc(C)cs1. The van der Waals surface area contributed by atoms with Crippen molar-refractivity contribution in [2.24, 2.45) is 0 Å². The molecule has 0 unspecified atom stereocenters. The Balaban J connectivity index is 2.23. The van der Waals surface area contributed by atoms with Crippen LogP contribution in [0.4, 0.5) is 5.13 Å². The molecule has 1 aromatic heterocycles. The maximum atomic E-state index is 12.2. The Morgan fingerprint density at radius 2 is 2.26 bits per heavy atom. The molecule has 0 fully saturated rings. The molecule has 0 bridgehead atoms. The lowest BCUT2D eigenvalue weighted by molar-refractivity contribution is 0.102. The molecule has 1 aromatic carbocycles. The first kappa shape index (κ1) is 13.9. The zero-order valence-electron chi connectivity index (χ0n) is 10.9. The van der Waals surface area contributed by atoms with Crippen LogP contribution in [0.1, 0.15) is 16.1 Å². The van der Waals surface area contributed by atoms with E-state index in [9.17, 15) is 4.79 Å². The van der Waals surface area contributed by atoms with Crippen LogP contribution in [0.25, 0.3) is 0 Å². The number of carbonyl (C=O) groups excluding carboxylic acids is 1. The molecular weight excluding hydrogens is 280 g/mol. The molecule has 100 valence electrons. The average Bonchev–Trinajstić information content (AvgIpc) is 2.83. The van der Waals surface area contributed by atoms with Gasteiger partial charge in [0.05, 0.1) is 18.4 Å². The van der Waals surface area contributed by atoms with Crippen molar-refractivity contribution in [1.82, 2.24) is 4.98 Å². The van der Waals surface area contributed by atoms with Crippen LogP contribution in [0.3, 0.4) is 0 Å². The number of thiazole rings is 1. The Hall–Kier alpha value is -1.53. The highest BCUT2D eigenvalue weighted by Crippen LogP contribution is 2.26. The number of hydrogen-bond donors (Lipinski definition) is 1. The van der Waals surface area contributed by atoms with E-state index in [-0.39, 0.29) is 5.91 Å². The summed E-state index contributed by atoms with van der Waals surface area (Å²) in [7, 11) is 1.56. The summed E-state index contributed by atoms with van der Waals surface area (Å²) in [5, 5.41) is 5.26. The number of carbonyl (C=O) groups is 1. The van der Waals surface area contributed by atoms with E-state index in [2.05, 4.69) is 10.3 Å². The third-order valence-corrected chi connectivity index (χ3v) is 4.09. The first-order valence-electron chi connectivity index (χ1n) is 5.59. The molecule has 1 amide bonds. The van der Waals surface area contributed by atoms with E-state index in [0.717, 1.165) is 10.6 Å². The van der Waals surface area contributed by atoms with Gasteiger partial charge in [-0.15, -0.1) is 23.1 Å². The second-order valence-corrected chi connectivity index (χ2v) is 5.55. The number of aryl methyl sites for hydroxylation is 1. The van der Waals surface area contributed by atoms with Gasteiger partial charge in [-0.3, -0.25) is 10.1 Å². The molecule has 2 rings (SSSR count). The zero-order chi connectivity index (χ0) is 13.8. The Morgan fingerprint density at radius 3 is 2.84 bits per heavy atom. The van der Waals surface area contributed by atoms with E-state index in [1.807, 2.05) is 30.7 Å². The number of ether oxygens (including phenoxy) is 1. The van der Waals surface area contributed by atoms with Crippen molar-refractivity contribution < 1.29 is 9.53 Å². The second-order valence-electron chi connectivity index (χ2n) is 3.81. The number of methoxy groups -OCH3 is 1. The number of nitrogens with zero attached hydrogens (tertiary/aromatic N) is 1. The van der Waals surface area contributed by atoms with Crippen LogP contribution in [-0.2, 0) is 0 Å². The highest BCUT2D eigenvalue weighted by atomic mass is 32.2. The number of benzene rings is 1. The summed E-state index contributed by atoms with van der Waals surface area (Å²) in [6.45, 7) is 1.89. The van der Waals surface area contributed by atoms with E-state index < -0.39 is 0 Å². The quantitative estimate of drug-likeness (QED) is 0.878. The molecule has 0 aliphatic heterocycles. The van der Waals surface area contributed by atoms with Gasteiger partial charge in [0.15, 0.2) is 5.13 Å². The van der Waals surface area contributed by atoms with E-state index >= 15 is 0 Å². The standard InChI is InChI=1S/C13H14N2O2S2/c1-8-7-19-13(14-8)15-12(16)10-5-4-9(18-3)6-11(10)17-2/h4-7H,1-3H3,(H,14,15,16). The first-order valence-corrected chi connectivity index (χ1v) is 7.70. The minimum Gasteiger partial charge on any atom is -0.496 e. The number of nitrogens with one attached hydrogen (secondary N) is 1. The average molecular weight is 294 g/mol. The van der Waals surface area contributed by atoms with Crippen LogP contribution in [-0.4, -0.2) is 24.3 Å². The molecule has 6 heteroatoms. The number of anilines is 1.